The highest BCUT2D eigenvalue weighted by Crippen LogP contribution is 2.32. The summed E-state index contributed by atoms with van der Waals surface area (Å²) in [5.41, 5.74) is 0.648. The monoisotopic (exact) mass is 365 g/mol. The van der Waals surface area contributed by atoms with Crippen molar-refractivity contribution in [1.82, 2.24) is 4.31 Å². The van der Waals surface area contributed by atoms with E-state index in [2.05, 4.69) is 6.58 Å². The van der Waals surface area contributed by atoms with Gasteiger partial charge in [-0.1, -0.05) is 18.2 Å². The molecule has 0 radical (unpaired) electrons. The number of nitrogens with zero attached hydrogens (tertiary/aromatic N) is 1. The van der Waals surface area contributed by atoms with Gasteiger partial charge in [-0.2, -0.15) is 4.31 Å². The molecule has 0 atom stereocenters. The van der Waals surface area contributed by atoms with Gasteiger partial charge in [0.15, 0.2) is 11.5 Å². The molecule has 0 spiro atoms. The van der Waals surface area contributed by atoms with Crippen molar-refractivity contribution in [3.8, 4) is 11.5 Å². The first kappa shape index (κ1) is 19.0. The van der Waals surface area contributed by atoms with Crippen LogP contribution in [0.2, 0.25) is 0 Å². The van der Waals surface area contributed by atoms with Gasteiger partial charge in [-0.05, 0) is 30.3 Å². The van der Waals surface area contributed by atoms with Gasteiger partial charge in [-0.15, -0.1) is 6.58 Å². The van der Waals surface area contributed by atoms with Gasteiger partial charge in [0.25, 0.3) is 0 Å². The van der Waals surface area contributed by atoms with E-state index >= 15 is 0 Å². The van der Waals surface area contributed by atoms with Crippen LogP contribution >= 0.6 is 0 Å². The van der Waals surface area contributed by atoms with Gasteiger partial charge in [0, 0.05) is 18.7 Å². The fraction of sp³-hybridized carbons (Fsp3) is 0.222. The van der Waals surface area contributed by atoms with Crippen LogP contribution in [-0.2, 0) is 16.6 Å². The lowest BCUT2D eigenvalue weighted by Gasteiger charge is -2.22. The Morgan fingerprint density at radius 2 is 1.80 bits per heavy atom. The summed E-state index contributed by atoms with van der Waals surface area (Å²) >= 11 is 0. The van der Waals surface area contributed by atoms with Crippen molar-refractivity contribution in [1.29, 1.82) is 0 Å². The minimum Gasteiger partial charge on any atom is -0.493 e. The molecule has 0 unspecified atom stereocenters. The highest BCUT2D eigenvalue weighted by molar-refractivity contribution is 7.89. The Hall–Kier alpha value is -2.38. The van der Waals surface area contributed by atoms with Crippen molar-refractivity contribution in [2.24, 2.45) is 0 Å². The number of ether oxygens (including phenoxy) is 2. The lowest BCUT2D eigenvalue weighted by Crippen LogP contribution is -2.31. The molecule has 0 saturated carbocycles. The van der Waals surface area contributed by atoms with E-state index in [-0.39, 0.29) is 18.0 Å². The quantitative estimate of drug-likeness (QED) is 0.674. The molecule has 134 valence electrons. The summed E-state index contributed by atoms with van der Waals surface area (Å²) in [7, 11) is -0.818. The molecule has 0 saturated heterocycles. The van der Waals surface area contributed by atoms with Gasteiger partial charge in [-0.3, -0.25) is 0 Å². The van der Waals surface area contributed by atoms with Gasteiger partial charge in [0.2, 0.25) is 10.0 Å². The van der Waals surface area contributed by atoms with Crippen molar-refractivity contribution >= 4 is 10.0 Å². The summed E-state index contributed by atoms with van der Waals surface area (Å²) in [5.74, 6) is 0.481. The zero-order chi connectivity index (χ0) is 18.4. The zero-order valence-corrected chi connectivity index (χ0v) is 14.9. The Kier molecular flexibility index (Phi) is 6.17. The number of rotatable bonds is 8. The van der Waals surface area contributed by atoms with Crippen LogP contribution in [-0.4, -0.2) is 33.5 Å². The fourth-order valence-corrected chi connectivity index (χ4v) is 3.80. The Bertz CT molecular complexity index is 835. The molecule has 0 bridgehead atoms. The highest BCUT2D eigenvalue weighted by Gasteiger charge is 2.25. The molecule has 2 aromatic carbocycles. The first-order chi connectivity index (χ1) is 11.9. The minimum atomic E-state index is -3.82. The molecule has 2 aromatic rings. The van der Waals surface area contributed by atoms with Gasteiger partial charge >= 0.3 is 0 Å². The lowest BCUT2D eigenvalue weighted by atomic mass is 10.2. The molecule has 5 nitrogen and oxygen atoms in total. The number of para-hydroxylation sites is 1. The zero-order valence-electron chi connectivity index (χ0n) is 14.1. The SMILES string of the molecule is C=CCN(Cc1cccc(OC)c1OC)S(=O)(=O)c1ccc(F)cc1. The summed E-state index contributed by atoms with van der Waals surface area (Å²) in [4.78, 5) is 0.0117. The van der Waals surface area contributed by atoms with Crippen molar-refractivity contribution in [2.75, 3.05) is 20.8 Å². The third-order valence-electron chi connectivity index (χ3n) is 3.62. The van der Waals surface area contributed by atoms with Gasteiger partial charge in [-0.25, -0.2) is 12.8 Å². The molecule has 0 aromatic heterocycles. The maximum atomic E-state index is 13.1. The van der Waals surface area contributed by atoms with Crippen molar-refractivity contribution < 1.29 is 22.3 Å². The maximum Gasteiger partial charge on any atom is 0.243 e. The second-order valence-electron chi connectivity index (χ2n) is 5.19. The number of benzene rings is 2. The summed E-state index contributed by atoms with van der Waals surface area (Å²) in [6.45, 7) is 3.78. The van der Waals surface area contributed by atoms with Crippen LogP contribution in [0, 0.1) is 5.82 Å². The molecule has 0 aliphatic heterocycles. The summed E-state index contributed by atoms with van der Waals surface area (Å²) < 4.78 is 50.7. The molecule has 0 fully saturated rings. The first-order valence-corrected chi connectivity index (χ1v) is 8.94. The van der Waals surface area contributed by atoms with Gasteiger partial charge in [0.1, 0.15) is 5.82 Å². The van der Waals surface area contributed by atoms with Gasteiger partial charge < -0.3 is 9.47 Å². The topological polar surface area (TPSA) is 55.8 Å². The molecule has 0 N–H and O–H groups in total. The summed E-state index contributed by atoms with van der Waals surface area (Å²) in [5, 5.41) is 0. The van der Waals surface area contributed by atoms with Crippen LogP contribution < -0.4 is 9.47 Å². The van der Waals surface area contributed by atoms with E-state index in [1.807, 2.05) is 0 Å². The summed E-state index contributed by atoms with van der Waals surface area (Å²) in [6, 6.07) is 9.96. The maximum absolute atomic E-state index is 13.1. The number of methoxy groups -OCH3 is 2. The van der Waals surface area contributed by atoms with E-state index in [1.165, 1.54) is 36.7 Å². The molecule has 0 amide bonds. The average molecular weight is 365 g/mol. The number of hydrogen-bond acceptors (Lipinski definition) is 4. The third-order valence-corrected chi connectivity index (χ3v) is 5.44. The molecule has 0 aliphatic carbocycles. The molecule has 7 heteroatoms. The van der Waals surface area contributed by atoms with Crippen LogP contribution in [0.3, 0.4) is 0 Å². The van der Waals surface area contributed by atoms with Crippen molar-refractivity contribution in [3.63, 3.8) is 0 Å². The summed E-state index contributed by atoms with van der Waals surface area (Å²) in [6.07, 6.45) is 1.49. The number of hydrogen-bond donors (Lipinski definition) is 0. The molecule has 0 heterocycles. The smallest absolute Gasteiger partial charge is 0.243 e. The fourth-order valence-electron chi connectivity index (χ4n) is 2.42. The van der Waals surface area contributed by atoms with E-state index < -0.39 is 15.8 Å². The van der Waals surface area contributed by atoms with E-state index in [9.17, 15) is 12.8 Å². The molecule has 0 aliphatic rings. The second-order valence-corrected chi connectivity index (χ2v) is 7.13. The third kappa shape index (κ3) is 4.18. The molecule has 25 heavy (non-hydrogen) atoms. The van der Waals surface area contributed by atoms with E-state index in [0.717, 1.165) is 12.1 Å². The van der Waals surface area contributed by atoms with Crippen molar-refractivity contribution in [3.05, 3.63) is 66.5 Å². The van der Waals surface area contributed by atoms with Gasteiger partial charge in [0.05, 0.1) is 19.1 Å². The van der Waals surface area contributed by atoms with Crippen LogP contribution in [0.1, 0.15) is 5.56 Å². The predicted molar refractivity (Wildman–Crippen MR) is 93.7 cm³/mol. The van der Waals surface area contributed by atoms with E-state index in [0.29, 0.717) is 17.1 Å². The minimum absolute atomic E-state index is 0.0117. The molecular weight excluding hydrogens is 345 g/mol. The van der Waals surface area contributed by atoms with Crippen molar-refractivity contribution in [2.45, 2.75) is 11.4 Å². The van der Waals surface area contributed by atoms with Crippen LogP contribution in [0.15, 0.2) is 60.0 Å². The Balaban J connectivity index is 2.42. The Morgan fingerprint density at radius 1 is 1.12 bits per heavy atom. The number of halogens is 1. The molecular formula is C18H20FNO4S. The lowest BCUT2D eigenvalue weighted by molar-refractivity contribution is 0.345. The second kappa shape index (κ2) is 8.13. The van der Waals surface area contributed by atoms with Crippen LogP contribution in [0.4, 0.5) is 4.39 Å². The Morgan fingerprint density at radius 3 is 2.36 bits per heavy atom. The average Bonchev–Trinajstić information content (AvgIpc) is 2.61. The van der Waals surface area contributed by atoms with E-state index in [1.54, 1.807) is 18.2 Å². The van der Waals surface area contributed by atoms with Crippen LogP contribution in [0.5, 0.6) is 11.5 Å². The number of sulfonamides is 1. The predicted octanol–water partition coefficient (Wildman–Crippen LogP) is 3.22. The Labute approximate surface area is 147 Å². The standard InChI is InChI=1S/C18H20FNO4S/c1-4-12-20(25(21,22)16-10-8-15(19)9-11-16)13-14-6-5-7-17(23-2)18(14)24-3/h4-11H,1,12-13H2,2-3H3. The first-order valence-electron chi connectivity index (χ1n) is 7.50. The van der Waals surface area contributed by atoms with Crippen LogP contribution in [0.25, 0.3) is 0 Å². The highest BCUT2D eigenvalue weighted by atomic mass is 32.2. The molecule has 2 rings (SSSR count). The largest absolute Gasteiger partial charge is 0.493 e. The normalized spacial score (nSPS) is 11.4. The van der Waals surface area contributed by atoms with E-state index in [4.69, 9.17) is 9.47 Å².